The number of hydrogen-bond donors (Lipinski definition) is 2. The smallest absolute Gasteiger partial charge is 0.307 e. The number of nitrogens with zero attached hydrogens (tertiary/aromatic N) is 1. The van der Waals surface area contributed by atoms with Crippen molar-refractivity contribution in [3.8, 4) is 0 Å². The fourth-order valence-electron chi connectivity index (χ4n) is 2.47. The van der Waals surface area contributed by atoms with E-state index < -0.39 is 17.5 Å². The van der Waals surface area contributed by atoms with Crippen LogP contribution < -0.4 is 0 Å². The number of hydrogen-bond acceptors (Lipinski definition) is 3. The largest absolute Gasteiger partial charge is 0.481 e. The van der Waals surface area contributed by atoms with Gasteiger partial charge in [0.25, 0.3) is 0 Å². The zero-order valence-corrected chi connectivity index (χ0v) is 10.1. The molecule has 2 unspecified atom stereocenters. The van der Waals surface area contributed by atoms with Crippen LogP contribution in [-0.2, 0) is 9.59 Å². The summed E-state index contributed by atoms with van der Waals surface area (Å²) in [4.78, 5) is 24.4. The molecule has 2 N–H and O–H groups in total. The molecule has 1 heterocycles. The Morgan fingerprint density at radius 3 is 2.29 bits per heavy atom. The summed E-state index contributed by atoms with van der Waals surface area (Å²) in [5.41, 5.74) is -0.632. The number of rotatable bonds is 3. The number of carbonyl (C=O) groups excluding carboxylic acids is 1. The zero-order valence-electron chi connectivity index (χ0n) is 10.1. The van der Waals surface area contributed by atoms with E-state index in [4.69, 9.17) is 5.11 Å². The Kier molecular flexibility index (Phi) is 3.12. The third-order valence-electron chi connectivity index (χ3n) is 4.09. The van der Waals surface area contributed by atoms with Gasteiger partial charge in [0, 0.05) is 13.1 Å². The Morgan fingerprint density at radius 2 is 1.88 bits per heavy atom. The molecule has 0 aromatic carbocycles. The zero-order chi connectivity index (χ0) is 12.6. The fourth-order valence-corrected chi connectivity index (χ4v) is 2.47. The lowest BCUT2D eigenvalue weighted by molar-refractivity contribution is -0.143. The lowest BCUT2D eigenvalue weighted by atomic mass is 9.89. The number of carboxylic acid groups (broad SMARTS) is 1. The number of carbonyl (C=O) groups is 2. The molecule has 1 saturated carbocycles. The summed E-state index contributed by atoms with van der Waals surface area (Å²) < 4.78 is 0. The predicted octanol–water partition coefficient (Wildman–Crippen LogP) is 0.471. The van der Waals surface area contributed by atoms with Crippen molar-refractivity contribution in [2.45, 2.75) is 38.2 Å². The highest BCUT2D eigenvalue weighted by Crippen LogP contribution is 2.41. The highest BCUT2D eigenvalue weighted by molar-refractivity contribution is 5.89. The SMILES string of the molecule is CCC1(O)CCN(C(=O)C2CC2C(=O)O)CC1. The van der Waals surface area contributed by atoms with E-state index in [0.717, 1.165) is 0 Å². The van der Waals surface area contributed by atoms with E-state index in [2.05, 4.69) is 0 Å². The number of aliphatic carboxylic acids is 1. The van der Waals surface area contributed by atoms with Crippen molar-refractivity contribution >= 4 is 11.9 Å². The standard InChI is InChI=1S/C12H19NO4/c1-2-12(17)3-5-13(6-4-12)10(14)8-7-9(8)11(15)16/h8-9,17H,2-7H2,1H3,(H,15,16). The van der Waals surface area contributed by atoms with Crippen LogP contribution in [-0.4, -0.2) is 45.7 Å². The molecule has 2 fully saturated rings. The molecule has 1 amide bonds. The molecule has 17 heavy (non-hydrogen) atoms. The van der Waals surface area contributed by atoms with Gasteiger partial charge in [0.2, 0.25) is 5.91 Å². The first-order chi connectivity index (χ1) is 7.97. The summed E-state index contributed by atoms with van der Waals surface area (Å²) in [5, 5.41) is 18.8. The van der Waals surface area contributed by atoms with Crippen molar-refractivity contribution in [1.82, 2.24) is 4.90 Å². The Bertz CT molecular complexity index is 333. The molecule has 2 aliphatic rings. The van der Waals surface area contributed by atoms with Crippen LogP contribution in [0.4, 0.5) is 0 Å². The molecule has 1 aliphatic heterocycles. The minimum Gasteiger partial charge on any atom is -0.481 e. The molecule has 5 heteroatoms. The minimum atomic E-state index is -0.870. The van der Waals surface area contributed by atoms with Gasteiger partial charge < -0.3 is 15.1 Å². The maximum absolute atomic E-state index is 12.0. The predicted molar refractivity (Wildman–Crippen MR) is 60.3 cm³/mol. The van der Waals surface area contributed by atoms with Crippen molar-refractivity contribution in [2.75, 3.05) is 13.1 Å². The number of piperidine rings is 1. The molecule has 2 atom stereocenters. The van der Waals surface area contributed by atoms with Crippen molar-refractivity contribution in [3.63, 3.8) is 0 Å². The molecule has 0 aromatic heterocycles. The second-order valence-electron chi connectivity index (χ2n) is 5.19. The van der Waals surface area contributed by atoms with Crippen LogP contribution in [0.2, 0.25) is 0 Å². The average Bonchev–Trinajstić information content (AvgIpc) is 3.09. The van der Waals surface area contributed by atoms with Gasteiger partial charge in [0.1, 0.15) is 0 Å². The van der Waals surface area contributed by atoms with Crippen molar-refractivity contribution in [2.24, 2.45) is 11.8 Å². The second-order valence-corrected chi connectivity index (χ2v) is 5.19. The molecule has 0 spiro atoms. The summed E-state index contributed by atoms with van der Waals surface area (Å²) in [6.07, 6.45) is 2.37. The van der Waals surface area contributed by atoms with Gasteiger partial charge in [0.15, 0.2) is 0 Å². The third kappa shape index (κ3) is 2.44. The molecule has 1 aliphatic carbocycles. The quantitative estimate of drug-likeness (QED) is 0.753. The lowest BCUT2D eigenvalue weighted by Crippen LogP contribution is -2.47. The van der Waals surface area contributed by atoms with Crippen LogP contribution in [0.3, 0.4) is 0 Å². The molecule has 1 saturated heterocycles. The third-order valence-corrected chi connectivity index (χ3v) is 4.09. The Morgan fingerprint density at radius 1 is 1.29 bits per heavy atom. The normalized spacial score (nSPS) is 31.1. The first-order valence-corrected chi connectivity index (χ1v) is 6.21. The van der Waals surface area contributed by atoms with Gasteiger partial charge in [-0.25, -0.2) is 0 Å². The minimum absolute atomic E-state index is 0.0458. The second kappa shape index (κ2) is 4.29. The Hall–Kier alpha value is -1.10. The Labute approximate surface area is 100 Å². The van der Waals surface area contributed by atoms with Gasteiger partial charge in [-0.05, 0) is 25.7 Å². The molecule has 5 nitrogen and oxygen atoms in total. The van der Waals surface area contributed by atoms with Crippen LogP contribution >= 0.6 is 0 Å². The van der Waals surface area contributed by atoms with E-state index in [9.17, 15) is 14.7 Å². The molecule has 0 aromatic rings. The maximum Gasteiger partial charge on any atom is 0.307 e. The summed E-state index contributed by atoms with van der Waals surface area (Å²) in [6, 6.07) is 0. The summed E-state index contributed by atoms with van der Waals surface area (Å²) in [7, 11) is 0. The highest BCUT2D eigenvalue weighted by atomic mass is 16.4. The molecule has 96 valence electrons. The van der Waals surface area contributed by atoms with Gasteiger partial charge in [-0.3, -0.25) is 9.59 Å². The van der Waals surface area contributed by atoms with Crippen LogP contribution in [0.1, 0.15) is 32.6 Å². The van der Waals surface area contributed by atoms with Crippen LogP contribution in [0.15, 0.2) is 0 Å². The highest BCUT2D eigenvalue weighted by Gasteiger charge is 2.50. The van der Waals surface area contributed by atoms with E-state index in [1.165, 1.54) is 0 Å². The topological polar surface area (TPSA) is 77.8 Å². The van der Waals surface area contributed by atoms with Gasteiger partial charge in [-0.2, -0.15) is 0 Å². The summed E-state index contributed by atoms with van der Waals surface area (Å²) >= 11 is 0. The summed E-state index contributed by atoms with van der Waals surface area (Å²) in [5.74, 6) is -1.71. The molecule has 2 rings (SSSR count). The number of aliphatic hydroxyl groups is 1. The fraction of sp³-hybridized carbons (Fsp3) is 0.833. The van der Waals surface area contributed by atoms with Crippen molar-refractivity contribution in [3.05, 3.63) is 0 Å². The Balaban J connectivity index is 1.86. The molecular weight excluding hydrogens is 222 g/mol. The van der Waals surface area contributed by atoms with Gasteiger partial charge in [-0.1, -0.05) is 6.92 Å². The first-order valence-electron chi connectivity index (χ1n) is 6.21. The van der Waals surface area contributed by atoms with Gasteiger partial charge in [-0.15, -0.1) is 0 Å². The maximum atomic E-state index is 12.0. The average molecular weight is 241 g/mol. The lowest BCUT2D eigenvalue weighted by Gasteiger charge is -2.37. The summed E-state index contributed by atoms with van der Waals surface area (Å²) in [6.45, 7) is 3.04. The molecular formula is C12H19NO4. The monoisotopic (exact) mass is 241 g/mol. The number of amides is 1. The van der Waals surface area contributed by atoms with Gasteiger partial charge in [0.05, 0.1) is 17.4 Å². The van der Waals surface area contributed by atoms with E-state index in [1.54, 1.807) is 4.90 Å². The van der Waals surface area contributed by atoms with E-state index in [1.807, 2.05) is 6.92 Å². The van der Waals surface area contributed by atoms with E-state index in [-0.39, 0.29) is 11.8 Å². The van der Waals surface area contributed by atoms with Crippen molar-refractivity contribution in [1.29, 1.82) is 0 Å². The van der Waals surface area contributed by atoms with E-state index >= 15 is 0 Å². The molecule has 0 bridgehead atoms. The van der Waals surface area contributed by atoms with Crippen LogP contribution in [0.25, 0.3) is 0 Å². The van der Waals surface area contributed by atoms with Crippen molar-refractivity contribution < 1.29 is 19.8 Å². The number of carboxylic acids is 1. The number of likely N-dealkylation sites (tertiary alicyclic amines) is 1. The van der Waals surface area contributed by atoms with Crippen LogP contribution in [0, 0.1) is 11.8 Å². The van der Waals surface area contributed by atoms with E-state index in [0.29, 0.717) is 38.8 Å². The van der Waals surface area contributed by atoms with Crippen LogP contribution in [0.5, 0.6) is 0 Å². The molecule has 0 radical (unpaired) electrons. The van der Waals surface area contributed by atoms with Gasteiger partial charge >= 0.3 is 5.97 Å². The first kappa shape index (κ1) is 12.4.